The molecule has 0 radical (unpaired) electrons. The maximum Gasteiger partial charge on any atom is 0.321 e. The first-order valence-electron chi connectivity index (χ1n) is 10.6. The van der Waals surface area contributed by atoms with Gasteiger partial charge in [-0.2, -0.15) is 0 Å². The molecule has 2 N–H and O–H groups in total. The molecule has 0 bridgehead atoms. The zero-order valence-corrected chi connectivity index (χ0v) is 16.9. The maximum atomic E-state index is 14.6. The Hall–Kier alpha value is -3.09. The van der Waals surface area contributed by atoms with Crippen LogP contribution in [-0.2, 0) is 4.79 Å². The Morgan fingerprint density at radius 2 is 1.67 bits per heavy atom. The minimum atomic E-state index is -0.428. The number of carbonyl (C=O) groups excluding carboxylic acids is 2. The van der Waals surface area contributed by atoms with E-state index in [4.69, 9.17) is 0 Å². The van der Waals surface area contributed by atoms with E-state index in [0.717, 1.165) is 43.7 Å². The molecule has 2 aromatic carbocycles. The van der Waals surface area contributed by atoms with Gasteiger partial charge in [0.15, 0.2) is 0 Å². The molecule has 0 aliphatic carbocycles. The monoisotopic (exact) mass is 410 g/mol. The van der Waals surface area contributed by atoms with Gasteiger partial charge in [0.2, 0.25) is 5.91 Å². The number of halogens is 1. The van der Waals surface area contributed by atoms with Crippen molar-refractivity contribution < 1.29 is 14.0 Å². The van der Waals surface area contributed by atoms with Gasteiger partial charge in [0.05, 0.1) is 11.6 Å². The maximum absolute atomic E-state index is 14.6. The molecule has 158 valence electrons. The number of anilines is 3. The highest BCUT2D eigenvalue weighted by Gasteiger charge is 2.30. The van der Waals surface area contributed by atoms with Gasteiger partial charge in [0, 0.05) is 31.9 Å². The fourth-order valence-electron chi connectivity index (χ4n) is 4.18. The zero-order valence-electron chi connectivity index (χ0n) is 16.9. The molecular weight excluding hydrogens is 383 g/mol. The number of amides is 3. The number of urea groups is 1. The van der Waals surface area contributed by atoms with Gasteiger partial charge in [0.25, 0.3) is 0 Å². The number of rotatable bonds is 4. The number of nitrogens with zero attached hydrogens (tertiary/aromatic N) is 2. The van der Waals surface area contributed by atoms with Crippen molar-refractivity contribution in [2.45, 2.75) is 25.7 Å². The molecule has 0 aromatic heterocycles. The van der Waals surface area contributed by atoms with Crippen LogP contribution in [0.1, 0.15) is 25.7 Å². The number of hydrogen-bond acceptors (Lipinski definition) is 3. The lowest BCUT2D eigenvalue weighted by Gasteiger charge is -2.32. The van der Waals surface area contributed by atoms with E-state index in [1.54, 1.807) is 11.0 Å². The Morgan fingerprint density at radius 3 is 2.43 bits per heavy atom. The van der Waals surface area contributed by atoms with Crippen molar-refractivity contribution in [2.24, 2.45) is 5.92 Å². The predicted molar refractivity (Wildman–Crippen MR) is 116 cm³/mol. The number of benzene rings is 2. The molecule has 6 nitrogen and oxygen atoms in total. The molecular formula is C23H27FN4O2. The highest BCUT2D eigenvalue weighted by atomic mass is 19.1. The van der Waals surface area contributed by atoms with E-state index in [1.807, 2.05) is 36.4 Å². The van der Waals surface area contributed by atoms with Gasteiger partial charge in [-0.15, -0.1) is 0 Å². The van der Waals surface area contributed by atoms with E-state index in [0.29, 0.717) is 19.5 Å². The Morgan fingerprint density at radius 1 is 0.900 bits per heavy atom. The second-order valence-electron chi connectivity index (χ2n) is 7.90. The first-order valence-corrected chi connectivity index (χ1v) is 10.6. The molecule has 4 rings (SSSR count). The average molecular weight is 410 g/mol. The van der Waals surface area contributed by atoms with Crippen LogP contribution in [-0.4, -0.2) is 43.0 Å². The molecule has 2 saturated heterocycles. The third kappa shape index (κ3) is 4.56. The van der Waals surface area contributed by atoms with Gasteiger partial charge in [-0.3, -0.25) is 4.79 Å². The highest BCUT2D eigenvalue weighted by molar-refractivity contribution is 5.97. The minimum absolute atomic E-state index is 0.220. The van der Waals surface area contributed by atoms with Crippen LogP contribution in [0.4, 0.5) is 26.2 Å². The molecule has 0 saturated carbocycles. The number of hydrogen-bond donors (Lipinski definition) is 2. The van der Waals surface area contributed by atoms with Crippen LogP contribution in [0.3, 0.4) is 0 Å². The average Bonchev–Trinajstić information content (AvgIpc) is 3.30. The van der Waals surface area contributed by atoms with Crippen molar-refractivity contribution >= 4 is 29.0 Å². The Balaban J connectivity index is 1.42. The number of likely N-dealkylation sites (tertiary alicyclic amines) is 1. The van der Waals surface area contributed by atoms with Crippen molar-refractivity contribution in [3.8, 4) is 0 Å². The van der Waals surface area contributed by atoms with Crippen molar-refractivity contribution in [2.75, 3.05) is 41.7 Å². The topological polar surface area (TPSA) is 64.7 Å². The summed E-state index contributed by atoms with van der Waals surface area (Å²) < 4.78 is 14.6. The second kappa shape index (κ2) is 9.15. The molecule has 3 amide bonds. The molecule has 2 aliphatic rings. The molecule has 7 heteroatoms. The third-order valence-corrected chi connectivity index (χ3v) is 5.79. The lowest BCUT2D eigenvalue weighted by Crippen LogP contribution is -2.45. The second-order valence-corrected chi connectivity index (χ2v) is 7.90. The fraction of sp³-hybridized carbons (Fsp3) is 0.391. The SMILES string of the molecule is O=C(Nc1c(F)cccc1N1CCCC1)C1CCCN(C(=O)Nc2ccccc2)C1. The van der Waals surface area contributed by atoms with Crippen molar-refractivity contribution in [1.82, 2.24) is 4.90 Å². The first kappa shape index (κ1) is 20.2. The number of piperidine rings is 1. The summed E-state index contributed by atoms with van der Waals surface area (Å²) in [7, 11) is 0. The third-order valence-electron chi connectivity index (χ3n) is 5.79. The van der Waals surface area contributed by atoms with E-state index >= 15 is 0 Å². The van der Waals surface area contributed by atoms with E-state index in [2.05, 4.69) is 15.5 Å². The van der Waals surface area contributed by atoms with Gasteiger partial charge in [-0.05, 0) is 49.9 Å². The van der Waals surface area contributed by atoms with E-state index in [1.165, 1.54) is 6.07 Å². The Labute approximate surface area is 176 Å². The van der Waals surface area contributed by atoms with Crippen LogP contribution >= 0.6 is 0 Å². The standard InChI is InChI=1S/C23H27FN4O2/c24-19-11-6-12-20(27-13-4-5-14-27)21(19)26-22(29)17-8-7-15-28(16-17)23(30)25-18-9-2-1-3-10-18/h1-3,6,9-12,17H,4-5,7-8,13-16H2,(H,25,30)(H,26,29). The summed E-state index contributed by atoms with van der Waals surface area (Å²) in [6, 6.07) is 13.9. The summed E-state index contributed by atoms with van der Waals surface area (Å²) in [5.74, 6) is -1.04. The smallest absolute Gasteiger partial charge is 0.321 e. The summed E-state index contributed by atoms with van der Waals surface area (Å²) >= 11 is 0. The normalized spacial score (nSPS) is 18.9. The lowest BCUT2D eigenvalue weighted by atomic mass is 9.97. The highest BCUT2D eigenvalue weighted by Crippen LogP contribution is 2.32. The van der Waals surface area contributed by atoms with Crippen LogP contribution in [0.25, 0.3) is 0 Å². The van der Waals surface area contributed by atoms with Gasteiger partial charge in [-0.1, -0.05) is 24.3 Å². The quantitative estimate of drug-likeness (QED) is 0.790. The largest absolute Gasteiger partial charge is 0.370 e. The number of nitrogens with one attached hydrogen (secondary N) is 2. The van der Waals surface area contributed by atoms with E-state index < -0.39 is 5.82 Å². The van der Waals surface area contributed by atoms with Gasteiger partial charge >= 0.3 is 6.03 Å². The molecule has 2 aliphatic heterocycles. The van der Waals surface area contributed by atoms with Crippen LogP contribution in [0.15, 0.2) is 48.5 Å². The van der Waals surface area contributed by atoms with Crippen LogP contribution in [0, 0.1) is 11.7 Å². The van der Waals surface area contributed by atoms with E-state index in [-0.39, 0.29) is 23.5 Å². The molecule has 0 spiro atoms. The van der Waals surface area contributed by atoms with Gasteiger partial charge in [0.1, 0.15) is 11.5 Å². The Bertz CT molecular complexity index is 899. The predicted octanol–water partition coefficient (Wildman–Crippen LogP) is 4.31. The van der Waals surface area contributed by atoms with E-state index in [9.17, 15) is 14.0 Å². The van der Waals surface area contributed by atoms with Crippen LogP contribution in [0.2, 0.25) is 0 Å². The minimum Gasteiger partial charge on any atom is -0.370 e. The molecule has 2 fully saturated rings. The summed E-state index contributed by atoms with van der Waals surface area (Å²) in [6.07, 6.45) is 3.54. The van der Waals surface area contributed by atoms with Gasteiger partial charge in [-0.25, -0.2) is 9.18 Å². The summed E-state index contributed by atoms with van der Waals surface area (Å²) in [6.45, 7) is 2.64. The first-order chi connectivity index (χ1) is 14.6. The molecule has 2 heterocycles. The zero-order chi connectivity index (χ0) is 20.9. The molecule has 1 unspecified atom stereocenters. The lowest BCUT2D eigenvalue weighted by molar-refractivity contribution is -0.121. The molecule has 1 atom stereocenters. The van der Waals surface area contributed by atoms with Crippen molar-refractivity contribution in [1.29, 1.82) is 0 Å². The van der Waals surface area contributed by atoms with Crippen molar-refractivity contribution in [3.05, 3.63) is 54.3 Å². The Kier molecular flexibility index (Phi) is 6.16. The summed E-state index contributed by atoms with van der Waals surface area (Å²) in [5.41, 5.74) is 1.70. The molecule has 2 aromatic rings. The van der Waals surface area contributed by atoms with Crippen LogP contribution < -0.4 is 15.5 Å². The van der Waals surface area contributed by atoms with Crippen LogP contribution in [0.5, 0.6) is 0 Å². The fourth-order valence-corrected chi connectivity index (χ4v) is 4.18. The summed E-state index contributed by atoms with van der Waals surface area (Å²) in [4.78, 5) is 29.3. The number of para-hydroxylation sites is 2. The van der Waals surface area contributed by atoms with Crippen molar-refractivity contribution in [3.63, 3.8) is 0 Å². The number of carbonyl (C=O) groups is 2. The molecule has 30 heavy (non-hydrogen) atoms. The summed E-state index contributed by atoms with van der Waals surface area (Å²) in [5, 5.41) is 5.69. The van der Waals surface area contributed by atoms with Gasteiger partial charge < -0.3 is 20.4 Å².